The number of anilines is 3. The number of hydrogen-bond donors (Lipinski definition) is 0. The topological polar surface area (TPSA) is 39.2 Å². The van der Waals surface area contributed by atoms with E-state index in [9.17, 15) is 4.79 Å². The number of rotatable bonds is 2. The predicted molar refractivity (Wildman–Crippen MR) is 124 cm³/mol. The number of nitrogens with zero attached hydrogens (tertiary/aromatic N) is 4. The molecular weight excluding hydrogens is 384 g/mol. The average Bonchev–Trinajstić information content (AvgIpc) is 3.40. The number of benzene rings is 3. The van der Waals surface area contributed by atoms with E-state index in [2.05, 4.69) is 40.2 Å². The highest BCUT2D eigenvalue weighted by Crippen LogP contribution is 2.54. The van der Waals surface area contributed by atoms with Crippen molar-refractivity contribution in [2.24, 2.45) is 11.0 Å². The van der Waals surface area contributed by atoms with Gasteiger partial charge in [-0.25, -0.2) is 5.01 Å². The molecule has 0 aromatic heterocycles. The molecule has 6 rings (SSSR count). The zero-order valence-corrected chi connectivity index (χ0v) is 17.5. The summed E-state index contributed by atoms with van der Waals surface area (Å²) in [5, 5.41) is 7.34. The normalized spacial score (nSPS) is 24.4. The van der Waals surface area contributed by atoms with Crippen LogP contribution in [0.25, 0.3) is 0 Å². The smallest absolute Gasteiger partial charge is 0.234 e. The standard InChI is InChI=1S/C26H24N4O/c1-28-22-16-8-9-17-23(22)29-24(19-11-4-2-5-12-19)27-30(20-13-6-3-7-14-20)26(29)18-10-15-21(26)25(28)31/h2-9,11-14,16-17,21H,10,15,18H2,1H3/t21-,26-/m0/s1. The Hall–Kier alpha value is -3.60. The van der Waals surface area contributed by atoms with Gasteiger partial charge in [0.1, 0.15) is 0 Å². The summed E-state index contributed by atoms with van der Waals surface area (Å²) in [5.74, 6) is 0.889. The Kier molecular flexibility index (Phi) is 3.93. The number of hydrogen-bond acceptors (Lipinski definition) is 4. The Bertz CT molecular complexity index is 1180. The maximum atomic E-state index is 13.8. The summed E-state index contributed by atoms with van der Waals surface area (Å²) in [6, 6.07) is 28.8. The monoisotopic (exact) mass is 408 g/mol. The van der Waals surface area contributed by atoms with E-state index < -0.39 is 5.66 Å². The maximum Gasteiger partial charge on any atom is 0.234 e. The maximum absolute atomic E-state index is 13.8. The molecule has 154 valence electrons. The molecule has 5 nitrogen and oxygen atoms in total. The molecule has 0 bridgehead atoms. The van der Waals surface area contributed by atoms with Gasteiger partial charge in [0.25, 0.3) is 0 Å². The van der Waals surface area contributed by atoms with Crippen molar-refractivity contribution in [1.82, 2.24) is 0 Å². The van der Waals surface area contributed by atoms with E-state index in [1.165, 1.54) is 0 Å². The molecule has 1 fully saturated rings. The van der Waals surface area contributed by atoms with E-state index in [1.54, 1.807) is 0 Å². The van der Waals surface area contributed by atoms with Crippen LogP contribution in [-0.2, 0) is 4.79 Å². The van der Waals surface area contributed by atoms with Gasteiger partial charge in [0, 0.05) is 12.6 Å². The minimum atomic E-state index is -0.551. The molecule has 0 saturated heterocycles. The van der Waals surface area contributed by atoms with Crippen LogP contribution in [0.4, 0.5) is 17.1 Å². The second kappa shape index (κ2) is 6.71. The quantitative estimate of drug-likeness (QED) is 0.609. The molecule has 1 aliphatic carbocycles. The van der Waals surface area contributed by atoms with E-state index >= 15 is 0 Å². The zero-order valence-electron chi connectivity index (χ0n) is 17.5. The molecule has 0 N–H and O–H groups in total. The van der Waals surface area contributed by atoms with Crippen LogP contribution in [0.5, 0.6) is 0 Å². The predicted octanol–water partition coefficient (Wildman–Crippen LogP) is 4.85. The summed E-state index contributed by atoms with van der Waals surface area (Å²) >= 11 is 0. The minimum absolute atomic E-state index is 0.165. The van der Waals surface area contributed by atoms with E-state index in [4.69, 9.17) is 5.10 Å². The third kappa shape index (κ3) is 2.43. The number of fused-ring (bicyclic) bond motifs is 2. The molecule has 1 amide bonds. The van der Waals surface area contributed by atoms with Gasteiger partial charge in [0.2, 0.25) is 5.91 Å². The SMILES string of the molecule is CN1C(=O)[C@@H]2CCC[C@]23N(c2ccccc2)N=C(c2ccccc2)N3c2ccccc21. The highest BCUT2D eigenvalue weighted by atomic mass is 16.2. The molecule has 3 aromatic rings. The molecule has 3 aromatic carbocycles. The van der Waals surface area contributed by atoms with Crippen molar-refractivity contribution in [3.8, 4) is 0 Å². The molecular formula is C26H24N4O. The summed E-state index contributed by atoms with van der Waals surface area (Å²) in [4.78, 5) is 18.0. The second-order valence-electron chi connectivity index (χ2n) is 8.48. The van der Waals surface area contributed by atoms with Crippen LogP contribution in [0.1, 0.15) is 24.8 Å². The fourth-order valence-electron chi connectivity index (χ4n) is 5.55. The van der Waals surface area contributed by atoms with Crippen LogP contribution in [0.3, 0.4) is 0 Å². The lowest BCUT2D eigenvalue weighted by Crippen LogP contribution is -2.60. The van der Waals surface area contributed by atoms with Crippen molar-refractivity contribution in [1.29, 1.82) is 0 Å². The molecule has 31 heavy (non-hydrogen) atoms. The van der Waals surface area contributed by atoms with Crippen LogP contribution < -0.4 is 14.8 Å². The number of amidine groups is 1. The third-order valence-corrected chi connectivity index (χ3v) is 6.90. The molecule has 1 saturated carbocycles. The highest BCUT2D eigenvalue weighted by molar-refractivity contribution is 6.18. The van der Waals surface area contributed by atoms with Crippen molar-refractivity contribution in [2.45, 2.75) is 24.9 Å². The number of para-hydroxylation sites is 3. The second-order valence-corrected chi connectivity index (χ2v) is 8.48. The molecule has 0 radical (unpaired) electrons. The Balaban J connectivity index is 1.67. The van der Waals surface area contributed by atoms with Gasteiger partial charge >= 0.3 is 0 Å². The molecule has 1 spiro atoms. The molecule has 5 heteroatoms. The van der Waals surface area contributed by atoms with E-state index in [1.807, 2.05) is 66.5 Å². The minimum Gasteiger partial charge on any atom is -0.313 e. The Labute approximate surface area is 182 Å². The number of hydrazone groups is 1. The summed E-state index contributed by atoms with van der Waals surface area (Å²) in [6.45, 7) is 0. The molecule has 2 heterocycles. The lowest BCUT2D eigenvalue weighted by Gasteiger charge is -2.44. The molecule has 2 atom stereocenters. The van der Waals surface area contributed by atoms with Crippen molar-refractivity contribution >= 4 is 28.8 Å². The van der Waals surface area contributed by atoms with E-state index in [-0.39, 0.29) is 11.8 Å². The average molecular weight is 409 g/mol. The number of carbonyl (C=O) groups is 1. The number of amides is 1. The van der Waals surface area contributed by atoms with Gasteiger partial charge in [-0.1, -0.05) is 60.7 Å². The van der Waals surface area contributed by atoms with Crippen LogP contribution in [0, 0.1) is 5.92 Å². The van der Waals surface area contributed by atoms with Gasteiger partial charge in [-0.05, 0) is 43.5 Å². The van der Waals surface area contributed by atoms with Gasteiger partial charge in [-0.3, -0.25) is 9.69 Å². The van der Waals surface area contributed by atoms with Crippen molar-refractivity contribution in [3.05, 3.63) is 90.5 Å². The van der Waals surface area contributed by atoms with Crippen molar-refractivity contribution in [3.63, 3.8) is 0 Å². The van der Waals surface area contributed by atoms with Crippen molar-refractivity contribution in [2.75, 3.05) is 21.9 Å². The van der Waals surface area contributed by atoms with Crippen LogP contribution in [0.15, 0.2) is 90.0 Å². The molecule has 3 aliphatic rings. The first-order valence-electron chi connectivity index (χ1n) is 10.9. The van der Waals surface area contributed by atoms with Crippen LogP contribution >= 0.6 is 0 Å². The number of carbonyl (C=O) groups excluding carboxylic acids is 1. The van der Waals surface area contributed by atoms with Gasteiger partial charge in [-0.2, -0.15) is 5.10 Å². The third-order valence-electron chi connectivity index (χ3n) is 6.90. The zero-order chi connectivity index (χ0) is 21.0. The van der Waals surface area contributed by atoms with Gasteiger partial charge in [0.15, 0.2) is 11.5 Å². The van der Waals surface area contributed by atoms with Crippen LogP contribution in [-0.4, -0.2) is 24.5 Å². The Morgan fingerprint density at radius 2 is 1.52 bits per heavy atom. The highest BCUT2D eigenvalue weighted by Gasteiger charge is 2.62. The summed E-state index contributed by atoms with van der Waals surface area (Å²) in [5.41, 5.74) is 3.48. The molecule has 2 aliphatic heterocycles. The van der Waals surface area contributed by atoms with Gasteiger partial charge in [-0.15, -0.1) is 0 Å². The Morgan fingerprint density at radius 3 is 2.26 bits per heavy atom. The van der Waals surface area contributed by atoms with Crippen molar-refractivity contribution < 1.29 is 4.79 Å². The lowest BCUT2D eigenvalue weighted by molar-refractivity contribution is -0.123. The van der Waals surface area contributed by atoms with Crippen LogP contribution in [0.2, 0.25) is 0 Å². The van der Waals surface area contributed by atoms with Gasteiger partial charge in [0.05, 0.1) is 23.0 Å². The largest absolute Gasteiger partial charge is 0.313 e. The lowest BCUT2D eigenvalue weighted by atomic mass is 9.91. The first kappa shape index (κ1) is 18.2. The summed E-state index contributed by atoms with van der Waals surface area (Å²) in [6.07, 6.45) is 2.72. The molecule has 0 unspecified atom stereocenters. The van der Waals surface area contributed by atoms with E-state index in [0.717, 1.165) is 47.7 Å². The fourth-order valence-corrected chi connectivity index (χ4v) is 5.55. The summed E-state index contributed by atoms with van der Waals surface area (Å²) < 4.78 is 0. The summed E-state index contributed by atoms with van der Waals surface area (Å²) in [7, 11) is 1.90. The van der Waals surface area contributed by atoms with E-state index in [0.29, 0.717) is 0 Å². The first-order valence-corrected chi connectivity index (χ1v) is 10.9. The Morgan fingerprint density at radius 1 is 0.871 bits per heavy atom. The fraction of sp³-hybridized carbons (Fsp3) is 0.231. The first-order chi connectivity index (χ1) is 15.2. The van der Waals surface area contributed by atoms with Gasteiger partial charge < -0.3 is 4.90 Å².